The Hall–Kier alpha value is -1.64. The summed E-state index contributed by atoms with van der Waals surface area (Å²) in [6.07, 6.45) is 3.95. The molecule has 1 aromatic carbocycles. The summed E-state index contributed by atoms with van der Waals surface area (Å²) in [6.45, 7) is 5.50. The lowest BCUT2D eigenvalue weighted by Crippen LogP contribution is -2.27. The lowest BCUT2D eigenvalue weighted by atomic mass is 9.95. The van der Waals surface area contributed by atoms with Gasteiger partial charge >= 0.3 is 0 Å². The predicted molar refractivity (Wildman–Crippen MR) is 117 cm³/mol. The standard InChI is InChI=1S/C21H24BrN5OS/c1-14-18(28-13-23-14)19-24-25-20(26(19)2)29-9-3-8-27-11-16-10-21(16,12-27)15-4-6-17(22)7-5-15/h4-7,13,16H,3,8-12H2,1-2H3/t16-,21+/m0/s1. The van der Waals surface area contributed by atoms with Gasteiger partial charge in [0.05, 0.1) is 5.69 Å². The first-order chi connectivity index (χ1) is 14.1. The van der Waals surface area contributed by atoms with Crippen molar-refractivity contribution in [3.05, 3.63) is 46.4 Å². The molecule has 2 aromatic heterocycles. The van der Waals surface area contributed by atoms with E-state index in [-0.39, 0.29) is 0 Å². The van der Waals surface area contributed by atoms with E-state index in [1.807, 2.05) is 18.5 Å². The summed E-state index contributed by atoms with van der Waals surface area (Å²) in [4.78, 5) is 6.78. The maximum atomic E-state index is 5.45. The molecule has 1 aliphatic carbocycles. The van der Waals surface area contributed by atoms with Gasteiger partial charge in [-0.15, -0.1) is 10.2 Å². The van der Waals surface area contributed by atoms with E-state index in [4.69, 9.17) is 4.42 Å². The van der Waals surface area contributed by atoms with Gasteiger partial charge in [0.2, 0.25) is 5.82 Å². The monoisotopic (exact) mass is 473 g/mol. The van der Waals surface area contributed by atoms with Gasteiger partial charge in [0.1, 0.15) is 0 Å². The highest BCUT2D eigenvalue weighted by Gasteiger charge is 2.60. The first-order valence-electron chi connectivity index (χ1n) is 9.98. The quantitative estimate of drug-likeness (QED) is 0.376. The molecule has 1 saturated heterocycles. The zero-order chi connectivity index (χ0) is 20.0. The van der Waals surface area contributed by atoms with Crippen LogP contribution in [0, 0.1) is 12.8 Å². The number of hydrogen-bond donors (Lipinski definition) is 0. The molecule has 2 atom stereocenters. The fourth-order valence-electron chi connectivity index (χ4n) is 4.59. The Morgan fingerprint density at radius 2 is 2.10 bits per heavy atom. The van der Waals surface area contributed by atoms with Crippen molar-refractivity contribution < 1.29 is 4.42 Å². The minimum Gasteiger partial charge on any atom is -0.440 e. The van der Waals surface area contributed by atoms with Gasteiger partial charge in [-0.25, -0.2) is 4.98 Å². The number of fused-ring (bicyclic) bond motifs is 1. The van der Waals surface area contributed by atoms with Crippen molar-refractivity contribution in [2.24, 2.45) is 13.0 Å². The van der Waals surface area contributed by atoms with E-state index in [9.17, 15) is 0 Å². The van der Waals surface area contributed by atoms with Gasteiger partial charge in [0.15, 0.2) is 17.3 Å². The molecule has 5 rings (SSSR count). The zero-order valence-corrected chi connectivity index (χ0v) is 19.0. The number of nitrogens with zero attached hydrogens (tertiary/aromatic N) is 5. The maximum Gasteiger partial charge on any atom is 0.202 e. The number of rotatable bonds is 7. The van der Waals surface area contributed by atoms with Gasteiger partial charge < -0.3 is 13.9 Å². The van der Waals surface area contributed by atoms with Crippen LogP contribution in [0.5, 0.6) is 0 Å². The Labute approximate surface area is 183 Å². The average Bonchev–Trinajstić information content (AvgIpc) is 3.02. The zero-order valence-electron chi connectivity index (χ0n) is 16.6. The predicted octanol–water partition coefficient (Wildman–Crippen LogP) is 4.30. The third-order valence-electron chi connectivity index (χ3n) is 6.27. The second kappa shape index (κ2) is 7.56. The molecule has 2 fully saturated rings. The number of thioether (sulfide) groups is 1. The van der Waals surface area contributed by atoms with Crippen LogP contribution < -0.4 is 0 Å². The number of aryl methyl sites for hydroxylation is 1. The summed E-state index contributed by atoms with van der Waals surface area (Å²) >= 11 is 5.31. The van der Waals surface area contributed by atoms with Crippen molar-refractivity contribution in [2.45, 2.75) is 30.3 Å². The highest BCUT2D eigenvalue weighted by atomic mass is 79.9. The first-order valence-corrected chi connectivity index (χ1v) is 11.8. The van der Waals surface area contributed by atoms with Gasteiger partial charge in [-0.3, -0.25) is 0 Å². The van der Waals surface area contributed by atoms with Crippen LogP contribution in [0.2, 0.25) is 0 Å². The largest absolute Gasteiger partial charge is 0.440 e. The number of hydrogen-bond acceptors (Lipinski definition) is 6. The molecule has 29 heavy (non-hydrogen) atoms. The number of piperidine rings is 1. The Morgan fingerprint density at radius 1 is 1.28 bits per heavy atom. The van der Waals surface area contributed by atoms with Crippen molar-refractivity contribution >= 4 is 27.7 Å². The number of aromatic nitrogens is 4. The molecule has 8 heteroatoms. The highest BCUT2D eigenvalue weighted by Crippen LogP contribution is 2.59. The normalized spacial score (nSPS) is 23.5. The molecule has 0 unspecified atom stereocenters. The Morgan fingerprint density at radius 3 is 2.86 bits per heavy atom. The number of benzene rings is 1. The molecule has 3 heterocycles. The molecular weight excluding hydrogens is 450 g/mol. The second-order valence-corrected chi connectivity index (χ2v) is 10.1. The van der Waals surface area contributed by atoms with Gasteiger partial charge in [0.25, 0.3) is 0 Å². The summed E-state index contributed by atoms with van der Waals surface area (Å²) < 4.78 is 8.60. The van der Waals surface area contributed by atoms with E-state index in [1.54, 1.807) is 11.8 Å². The van der Waals surface area contributed by atoms with Gasteiger partial charge in [-0.05, 0) is 49.9 Å². The van der Waals surface area contributed by atoms with Crippen molar-refractivity contribution in [2.75, 3.05) is 25.4 Å². The van der Waals surface area contributed by atoms with E-state index in [1.165, 1.54) is 31.5 Å². The third-order valence-corrected chi connectivity index (χ3v) is 7.90. The number of oxazole rings is 1. The van der Waals surface area contributed by atoms with Crippen LogP contribution in [0.1, 0.15) is 24.1 Å². The van der Waals surface area contributed by atoms with Gasteiger partial charge in [0, 0.05) is 35.8 Å². The SMILES string of the molecule is Cc1ncoc1-c1nnc(SCCCN2C[C@@H]3C[C@]3(c3ccc(Br)cc3)C2)n1C. The molecule has 3 aromatic rings. The second-order valence-electron chi connectivity index (χ2n) is 8.13. The fourth-order valence-corrected chi connectivity index (χ4v) is 5.69. The number of likely N-dealkylation sites (tertiary alicyclic amines) is 1. The summed E-state index contributed by atoms with van der Waals surface area (Å²) in [5, 5.41) is 9.54. The Kier molecular flexibility index (Phi) is 5.04. The molecule has 1 aliphatic heterocycles. The van der Waals surface area contributed by atoms with Crippen molar-refractivity contribution in [1.82, 2.24) is 24.6 Å². The molecule has 6 nitrogen and oxygen atoms in total. The van der Waals surface area contributed by atoms with Gasteiger partial charge in [-0.2, -0.15) is 0 Å². The summed E-state index contributed by atoms with van der Waals surface area (Å²) in [5.74, 6) is 3.30. The van der Waals surface area contributed by atoms with E-state index in [0.717, 1.165) is 45.8 Å². The van der Waals surface area contributed by atoms with E-state index in [0.29, 0.717) is 11.2 Å². The minimum absolute atomic E-state index is 0.418. The molecule has 152 valence electrons. The van der Waals surface area contributed by atoms with Crippen LogP contribution in [0.15, 0.2) is 44.7 Å². The molecule has 0 N–H and O–H groups in total. The van der Waals surface area contributed by atoms with E-state index >= 15 is 0 Å². The molecule has 2 aliphatic rings. The summed E-state index contributed by atoms with van der Waals surface area (Å²) in [6, 6.07) is 8.94. The minimum atomic E-state index is 0.418. The Bertz CT molecular complexity index is 1020. The lowest BCUT2D eigenvalue weighted by molar-refractivity contribution is 0.299. The van der Waals surface area contributed by atoms with Crippen LogP contribution in [0.25, 0.3) is 11.6 Å². The smallest absolute Gasteiger partial charge is 0.202 e. The third kappa shape index (κ3) is 3.55. The van der Waals surface area contributed by atoms with Gasteiger partial charge in [-0.1, -0.05) is 39.8 Å². The molecular formula is C21H24BrN5OS. The van der Waals surface area contributed by atoms with E-state index < -0.39 is 0 Å². The molecule has 0 radical (unpaired) electrons. The van der Waals surface area contributed by atoms with Crippen LogP contribution >= 0.6 is 27.7 Å². The molecule has 0 spiro atoms. The summed E-state index contributed by atoms with van der Waals surface area (Å²) in [7, 11) is 1.98. The topological polar surface area (TPSA) is 60.0 Å². The van der Waals surface area contributed by atoms with Crippen molar-refractivity contribution in [3.8, 4) is 11.6 Å². The molecule has 0 amide bonds. The fraction of sp³-hybridized carbons (Fsp3) is 0.476. The highest BCUT2D eigenvalue weighted by molar-refractivity contribution is 9.10. The van der Waals surface area contributed by atoms with Crippen molar-refractivity contribution in [3.63, 3.8) is 0 Å². The van der Waals surface area contributed by atoms with Crippen molar-refractivity contribution in [1.29, 1.82) is 0 Å². The Balaban J connectivity index is 1.13. The first kappa shape index (κ1) is 19.3. The molecule has 0 bridgehead atoms. The molecule has 1 saturated carbocycles. The average molecular weight is 474 g/mol. The van der Waals surface area contributed by atoms with Crippen LogP contribution in [0.3, 0.4) is 0 Å². The van der Waals surface area contributed by atoms with Crippen LogP contribution in [-0.4, -0.2) is 50.0 Å². The van der Waals surface area contributed by atoms with E-state index in [2.05, 4.69) is 60.3 Å². The lowest BCUT2D eigenvalue weighted by Gasteiger charge is -2.21. The van der Waals surface area contributed by atoms with Crippen LogP contribution in [0.4, 0.5) is 0 Å². The number of halogens is 1. The summed E-state index contributed by atoms with van der Waals surface area (Å²) in [5.41, 5.74) is 2.77. The maximum absolute atomic E-state index is 5.45. The van der Waals surface area contributed by atoms with Crippen LogP contribution in [-0.2, 0) is 12.5 Å².